The Balaban J connectivity index is 2.29. The molecule has 1 aromatic rings. The third-order valence-electron chi connectivity index (χ3n) is 3.61. The minimum Gasteiger partial charge on any atom is -0.506 e. The third kappa shape index (κ3) is 3.56. The summed E-state index contributed by atoms with van der Waals surface area (Å²) in [5.74, 6) is -0.0681. The molecule has 1 saturated heterocycles. The van der Waals surface area contributed by atoms with Crippen molar-refractivity contribution in [3.63, 3.8) is 0 Å². The zero-order valence-electron chi connectivity index (χ0n) is 11.0. The van der Waals surface area contributed by atoms with Gasteiger partial charge in [0.1, 0.15) is 5.75 Å². The Hall–Kier alpha value is -0.0900. The molecule has 1 atom stereocenters. The molecule has 0 spiro atoms. The van der Waals surface area contributed by atoms with E-state index in [9.17, 15) is 9.90 Å². The van der Waals surface area contributed by atoms with Crippen molar-refractivity contribution in [1.82, 2.24) is 4.90 Å². The van der Waals surface area contributed by atoms with Gasteiger partial charge in [-0.15, -0.1) is 0 Å². The van der Waals surface area contributed by atoms with Crippen LogP contribution in [-0.2, 0) is 0 Å². The van der Waals surface area contributed by atoms with Crippen LogP contribution in [0.3, 0.4) is 0 Å². The highest BCUT2D eigenvalue weighted by molar-refractivity contribution is 14.1. The molecule has 1 aliphatic heterocycles. The standard InChI is InChI=1S/C14H17I2NO3/c15-9-7-11(13(19)12(16)8-9)14(20)17-5-2-1-3-10(17)4-6-18/h7-8,10,18-19H,1-6H2. The fraction of sp³-hybridized carbons (Fsp3) is 0.500. The Kier molecular flexibility index (Phi) is 5.91. The number of amides is 1. The van der Waals surface area contributed by atoms with E-state index in [-0.39, 0.29) is 24.3 Å². The lowest BCUT2D eigenvalue weighted by Crippen LogP contribution is -2.44. The summed E-state index contributed by atoms with van der Waals surface area (Å²) in [5.41, 5.74) is 0.367. The second-order valence-corrected chi connectivity index (χ2v) is 7.35. The van der Waals surface area contributed by atoms with Crippen molar-refractivity contribution < 1.29 is 15.0 Å². The summed E-state index contributed by atoms with van der Waals surface area (Å²) in [7, 11) is 0. The van der Waals surface area contributed by atoms with Gasteiger partial charge in [0.05, 0.1) is 9.13 Å². The number of hydrogen-bond donors (Lipinski definition) is 2. The van der Waals surface area contributed by atoms with Crippen molar-refractivity contribution in [1.29, 1.82) is 0 Å². The number of piperidine rings is 1. The minimum atomic E-state index is -0.128. The Labute approximate surface area is 145 Å². The highest BCUT2D eigenvalue weighted by Gasteiger charge is 2.29. The number of phenolic OH excluding ortho intramolecular Hbond substituents is 1. The van der Waals surface area contributed by atoms with Gasteiger partial charge in [-0.1, -0.05) is 0 Å². The number of hydrogen-bond acceptors (Lipinski definition) is 3. The van der Waals surface area contributed by atoms with Gasteiger partial charge in [0, 0.05) is 22.8 Å². The number of phenols is 1. The van der Waals surface area contributed by atoms with E-state index in [4.69, 9.17) is 5.11 Å². The third-order valence-corrected chi connectivity index (χ3v) is 5.05. The lowest BCUT2D eigenvalue weighted by atomic mass is 9.98. The largest absolute Gasteiger partial charge is 0.506 e. The molecule has 1 heterocycles. The quantitative estimate of drug-likeness (QED) is 0.627. The molecular weight excluding hydrogens is 484 g/mol. The molecule has 0 saturated carbocycles. The molecule has 4 nitrogen and oxygen atoms in total. The number of carbonyl (C=O) groups is 1. The van der Waals surface area contributed by atoms with Crippen LogP contribution in [0.25, 0.3) is 0 Å². The van der Waals surface area contributed by atoms with E-state index in [1.807, 2.05) is 28.7 Å². The Morgan fingerprint density at radius 2 is 2.10 bits per heavy atom. The topological polar surface area (TPSA) is 60.8 Å². The van der Waals surface area contributed by atoms with Crippen LogP contribution in [0.1, 0.15) is 36.0 Å². The number of halogens is 2. The van der Waals surface area contributed by atoms with Gasteiger partial charge >= 0.3 is 0 Å². The monoisotopic (exact) mass is 501 g/mol. The maximum Gasteiger partial charge on any atom is 0.257 e. The molecule has 0 bridgehead atoms. The molecule has 2 N–H and O–H groups in total. The van der Waals surface area contributed by atoms with Gasteiger partial charge in [-0.2, -0.15) is 0 Å². The van der Waals surface area contributed by atoms with Crippen molar-refractivity contribution in [2.45, 2.75) is 31.7 Å². The molecule has 1 aliphatic rings. The summed E-state index contributed by atoms with van der Waals surface area (Å²) in [6.45, 7) is 0.787. The molecule has 6 heteroatoms. The summed E-state index contributed by atoms with van der Waals surface area (Å²) in [5, 5.41) is 19.3. The van der Waals surface area contributed by atoms with Crippen LogP contribution >= 0.6 is 45.2 Å². The first-order valence-electron chi connectivity index (χ1n) is 6.64. The lowest BCUT2D eigenvalue weighted by molar-refractivity contribution is 0.0571. The molecule has 1 fully saturated rings. The zero-order chi connectivity index (χ0) is 14.7. The van der Waals surface area contributed by atoms with Crippen LogP contribution in [-0.4, -0.2) is 40.2 Å². The molecule has 110 valence electrons. The van der Waals surface area contributed by atoms with Gasteiger partial charge in [-0.3, -0.25) is 4.79 Å². The molecule has 0 aliphatic carbocycles. The fourth-order valence-corrected chi connectivity index (χ4v) is 4.45. The zero-order valence-corrected chi connectivity index (χ0v) is 15.3. The van der Waals surface area contributed by atoms with Gasteiger partial charge in [-0.25, -0.2) is 0 Å². The van der Waals surface area contributed by atoms with Crippen LogP contribution in [0.4, 0.5) is 0 Å². The molecular formula is C14H17I2NO3. The first kappa shape index (κ1) is 16.3. The van der Waals surface area contributed by atoms with Crippen LogP contribution < -0.4 is 0 Å². The number of aromatic hydroxyl groups is 1. The molecule has 20 heavy (non-hydrogen) atoms. The number of aliphatic hydroxyl groups excluding tert-OH is 1. The van der Waals surface area contributed by atoms with E-state index in [0.717, 1.165) is 22.8 Å². The van der Waals surface area contributed by atoms with Gasteiger partial charge in [0.15, 0.2) is 0 Å². The number of nitrogens with zero attached hydrogens (tertiary/aromatic N) is 1. The maximum absolute atomic E-state index is 12.7. The van der Waals surface area contributed by atoms with Gasteiger partial charge in [0.2, 0.25) is 0 Å². The molecule has 1 amide bonds. The summed E-state index contributed by atoms with van der Waals surface area (Å²) in [4.78, 5) is 14.5. The number of likely N-dealkylation sites (tertiary alicyclic amines) is 1. The predicted octanol–water partition coefficient (Wildman–Crippen LogP) is 2.98. The molecule has 1 aromatic carbocycles. The van der Waals surface area contributed by atoms with Gasteiger partial charge < -0.3 is 15.1 Å². The fourth-order valence-electron chi connectivity index (χ4n) is 2.60. The van der Waals surface area contributed by atoms with Gasteiger partial charge in [-0.05, 0) is 83.0 Å². The Morgan fingerprint density at radius 1 is 1.35 bits per heavy atom. The lowest BCUT2D eigenvalue weighted by Gasteiger charge is -2.35. The predicted molar refractivity (Wildman–Crippen MR) is 93.9 cm³/mol. The summed E-state index contributed by atoms with van der Waals surface area (Å²) in [6, 6.07) is 3.65. The van der Waals surface area contributed by atoms with E-state index in [2.05, 4.69) is 22.6 Å². The molecule has 1 unspecified atom stereocenters. The Bertz CT molecular complexity index is 505. The van der Waals surface area contributed by atoms with Crippen molar-refractivity contribution >= 4 is 51.1 Å². The average Bonchev–Trinajstić information content (AvgIpc) is 2.43. The molecule has 2 rings (SSSR count). The van der Waals surface area contributed by atoms with Crippen LogP contribution in [0, 0.1) is 7.14 Å². The van der Waals surface area contributed by atoms with E-state index >= 15 is 0 Å². The van der Waals surface area contributed by atoms with E-state index < -0.39 is 0 Å². The maximum atomic E-state index is 12.7. The highest BCUT2D eigenvalue weighted by Crippen LogP contribution is 2.30. The van der Waals surface area contributed by atoms with Crippen LogP contribution in [0.15, 0.2) is 12.1 Å². The smallest absolute Gasteiger partial charge is 0.257 e. The average molecular weight is 501 g/mol. The number of aliphatic hydroxyl groups is 1. The number of carbonyl (C=O) groups excluding carboxylic acids is 1. The summed E-state index contributed by atoms with van der Waals surface area (Å²) >= 11 is 4.18. The van der Waals surface area contributed by atoms with E-state index in [0.29, 0.717) is 22.1 Å². The first-order valence-corrected chi connectivity index (χ1v) is 8.80. The minimum absolute atomic E-state index is 0.0596. The van der Waals surface area contributed by atoms with Crippen LogP contribution in [0.5, 0.6) is 5.75 Å². The number of benzene rings is 1. The van der Waals surface area contributed by atoms with Gasteiger partial charge in [0.25, 0.3) is 5.91 Å². The van der Waals surface area contributed by atoms with Crippen molar-refractivity contribution in [3.05, 3.63) is 24.8 Å². The second kappa shape index (κ2) is 7.26. The number of rotatable bonds is 3. The SMILES string of the molecule is O=C(c1cc(I)cc(I)c1O)N1CCCCC1CCO. The summed E-state index contributed by atoms with van der Waals surface area (Å²) in [6.07, 6.45) is 3.60. The van der Waals surface area contributed by atoms with E-state index in [1.54, 1.807) is 11.0 Å². The highest BCUT2D eigenvalue weighted by atomic mass is 127. The van der Waals surface area contributed by atoms with Crippen molar-refractivity contribution in [2.24, 2.45) is 0 Å². The van der Waals surface area contributed by atoms with Crippen molar-refractivity contribution in [3.8, 4) is 5.75 Å². The van der Waals surface area contributed by atoms with Crippen molar-refractivity contribution in [2.75, 3.05) is 13.2 Å². The summed E-state index contributed by atoms with van der Waals surface area (Å²) < 4.78 is 1.62. The van der Waals surface area contributed by atoms with E-state index in [1.165, 1.54) is 0 Å². The Morgan fingerprint density at radius 3 is 2.80 bits per heavy atom. The normalized spacial score (nSPS) is 19.1. The molecule has 0 radical (unpaired) electrons. The second-order valence-electron chi connectivity index (χ2n) is 4.94. The first-order chi connectivity index (χ1) is 9.54. The molecule has 0 aromatic heterocycles. The van der Waals surface area contributed by atoms with Crippen LogP contribution in [0.2, 0.25) is 0 Å².